The SMILES string of the molecule is Cc1ccc(C=C(CO)B2OC(C)(C)C(C)(C)O2)c(C(=O)O)c1. The second-order valence-electron chi connectivity index (χ2n) is 6.86. The first-order valence-corrected chi connectivity index (χ1v) is 7.58. The van der Waals surface area contributed by atoms with Crippen LogP contribution in [0.25, 0.3) is 6.08 Å². The molecule has 2 N–H and O–H groups in total. The lowest BCUT2D eigenvalue weighted by Gasteiger charge is -2.32. The molecule has 1 aliphatic rings. The predicted molar refractivity (Wildman–Crippen MR) is 89.3 cm³/mol. The van der Waals surface area contributed by atoms with Gasteiger partial charge < -0.3 is 19.5 Å². The van der Waals surface area contributed by atoms with Crippen molar-refractivity contribution < 1.29 is 24.3 Å². The summed E-state index contributed by atoms with van der Waals surface area (Å²) in [6.45, 7) is 9.27. The zero-order valence-corrected chi connectivity index (χ0v) is 14.2. The normalized spacial score (nSPS) is 19.9. The molecule has 1 saturated heterocycles. The van der Waals surface area contributed by atoms with Crippen LogP contribution in [0.1, 0.15) is 49.2 Å². The third-order valence-electron chi connectivity index (χ3n) is 4.52. The number of aliphatic hydroxyl groups is 1. The second-order valence-corrected chi connectivity index (χ2v) is 6.86. The molecule has 0 bridgehead atoms. The van der Waals surface area contributed by atoms with Gasteiger partial charge in [0.2, 0.25) is 0 Å². The molecule has 124 valence electrons. The van der Waals surface area contributed by atoms with Crippen molar-refractivity contribution in [1.29, 1.82) is 0 Å². The van der Waals surface area contributed by atoms with Crippen molar-refractivity contribution in [3.8, 4) is 0 Å². The van der Waals surface area contributed by atoms with Gasteiger partial charge in [-0.2, -0.15) is 0 Å². The number of carboxylic acids is 1. The summed E-state index contributed by atoms with van der Waals surface area (Å²) >= 11 is 0. The summed E-state index contributed by atoms with van der Waals surface area (Å²) in [4.78, 5) is 11.4. The number of carbonyl (C=O) groups is 1. The smallest absolute Gasteiger partial charge is 0.478 e. The van der Waals surface area contributed by atoms with Gasteiger partial charge in [-0.05, 0) is 51.7 Å². The van der Waals surface area contributed by atoms with Gasteiger partial charge in [-0.25, -0.2) is 4.79 Å². The molecule has 5 nitrogen and oxygen atoms in total. The molecular formula is C17H23BO5. The van der Waals surface area contributed by atoms with Crippen molar-refractivity contribution in [1.82, 2.24) is 0 Å². The van der Waals surface area contributed by atoms with Gasteiger partial charge in [-0.15, -0.1) is 0 Å². The Morgan fingerprint density at radius 3 is 2.26 bits per heavy atom. The highest BCUT2D eigenvalue weighted by molar-refractivity contribution is 6.55. The van der Waals surface area contributed by atoms with Crippen LogP contribution in [0.2, 0.25) is 0 Å². The highest BCUT2D eigenvalue weighted by Gasteiger charge is 2.52. The molecule has 0 aromatic heterocycles. The van der Waals surface area contributed by atoms with Crippen LogP contribution in [-0.2, 0) is 9.31 Å². The van der Waals surface area contributed by atoms with E-state index in [1.165, 1.54) is 0 Å². The lowest BCUT2D eigenvalue weighted by atomic mass is 9.77. The minimum absolute atomic E-state index is 0.187. The highest BCUT2D eigenvalue weighted by atomic mass is 16.7. The molecule has 2 rings (SSSR count). The number of hydrogen-bond donors (Lipinski definition) is 2. The van der Waals surface area contributed by atoms with E-state index in [4.69, 9.17) is 9.31 Å². The zero-order chi connectivity index (χ0) is 17.4. The van der Waals surface area contributed by atoms with Crippen LogP contribution < -0.4 is 0 Å². The van der Waals surface area contributed by atoms with E-state index in [-0.39, 0.29) is 12.2 Å². The molecule has 1 heterocycles. The van der Waals surface area contributed by atoms with Crippen LogP contribution in [-0.4, -0.2) is 41.1 Å². The number of aliphatic hydroxyl groups excluding tert-OH is 1. The van der Waals surface area contributed by atoms with Gasteiger partial charge >= 0.3 is 13.1 Å². The van der Waals surface area contributed by atoms with E-state index in [1.54, 1.807) is 18.2 Å². The first-order chi connectivity index (χ1) is 10.6. The minimum Gasteiger partial charge on any atom is -0.478 e. The summed E-state index contributed by atoms with van der Waals surface area (Å²) < 4.78 is 11.8. The molecule has 1 fully saturated rings. The Hall–Kier alpha value is -1.63. The first kappa shape index (κ1) is 17.7. The summed E-state index contributed by atoms with van der Waals surface area (Å²) in [5.74, 6) is -1.01. The maximum atomic E-state index is 11.4. The summed E-state index contributed by atoms with van der Waals surface area (Å²) in [7, 11) is -0.701. The Balaban J connectivity index is 2.40. The fourth-order valence-electron chi connectivity index (χ4n) is 2.36. The molecule has 0 saturated carbocycles. The Labute approximate surface area is 137 Å². The van der Waals surface area contributed by atoms with E-state index >= 15 is 0 Å². The number of carboxylic acid groups (broad SMARTS) is 1. The van der Waals surface area contributed by atoms with Crippen LogP contribution in [0.4, 0.5) is 0 Å². The number of hydrogen-bond acceptors (Lipinski definition) is 4. The van der Waals surface area contributed by atoms with E-state index in [9.17, 15) is 15.0 Å². The lowest BCUT2D eigenvalue weighted by molar-refractivity contribution is 0.00578. The Kier molecular flexibility index (Phi) is 4.71. The number of aromatic carboxylic acids is 1. The lowest BCUT2D eigenvalue weighted by Crippen LogP contribution is -2.41. The van der Waals surface area contributed by atoms with E-state index in [2.05, 4.69) is 0 Å². The topological polar surface area (TPSA) is 76.0 Å². The van der Waals surface area contributed by atoms with Gasteiger partial charge in [0.15, 0.2) is 0 Å². The summed E-state index contributed by atoms with van der Waals surface area (Å²) in [6, 6.07) is 5.16. The maximum Gasteiger partial charge on any atom is 0.492 e. The maximum absolute atomic E-state index is 11.4. The van der Waals surface area contributed by atoms with Crippen molar-refractivity contribution in [3.63, 3.8) is 0 Å². The van der Waals surface area contributed by atoms with Crippen molar-refractivity contribution in [2.45, 2.75) is 45.8 Å². The first-order valence-electron chi connectivity index (χ1n) is 7.58. The van der Waals surface area contributed by atoms with Crippen LogP contribution in [0.5, 0.6) is 0 Å². The minimum atomic E-state index is -1.01. The average molecular weight is 318 g/mol. The molecule has 6 heteroatoms. The third-order valence-corrected chi connectivity index (χ3v) is 4.52. The fraction of sp³-hybridized carbons (Fsp3) is 0.471. The quantitative estimate of drug-likeness (QED) is 0.835. The van der Waals surface area contributed by atoms with Crippen molar-refractivity contribution in [2.75, 3.05) is 6.61 Å². The molecule has 0 spiro atoms. The molecule has 1 aromatic rings. The zero-order valence-electron chi connectivity index (χ0n) is 14.2. The average Bonchev–Trinajstić information content (AvgIpc) is 2.65. The van der Waals surface area contributed by atoms with Crippen LogP contribution in [0, 0.1) is 6.92 Å². The summed E-state index contributed by atoms with van der Waals surface area (Å²) in [6.07, 6.45) is 1.63. The van der Waals surface area contributed by atoms with Crippen molar-refractivity contribution in [2.24, 2.45) is 0 Å². The number of benzene rings is 1. The Morgan fingerprint density at radius 1 is 1.22 bits per heavy atom. The standard InChI is InChI=1S/C17H23BO5/c1-11-6-7-12(14(8-11)15(20)21)9-13(10-19)18-22-16(2,3)17(4,5)23-18/h6-9,19H,10H2,1-5H3,(H,20,21). The van der Waals surface area contributed by atoms with Gasteiger partial charge in [-0.3, -0.25) is 0 Å². The molecule has 1 aliphatic heterocycles. The molecule has 0 atom stereocenters. The largest absolute Gasteiger partial charge is 0.492 e. The van der Waals surface area contributed by atoms with E-state index < -0.39 is 24.3 Å². The molecule has 1 aromatic carbocycles. The predicted octanol–water partition coefficient (Wildman–Crippen LogP) is 2.70. The molecule has 0 unspecified atom stereocenters. The Bertz CT molecular complexity index is 632. The van der Waals surface area contributed by atoms with Crippen LogP contribution >= 0.6 is 0 Å². The molecule has 0 amide bonds. The second kappa shape index (κ2) is 6.11. The number of rotatable bonds is 4. The summed E-state index contributed by atoms with van der Waals surface area (Å²) in [5.41, 5.74) is 1.02. The highest BCUT2D eigenvalue weighted by Crippen LogP contribution is 2.38. The molecule has 0 aliphatic carbocycles. The molecular weight excluding hydrogens is 295 g/mol. The molecule has 0 radical (unpaired) electrons. The monoisotopic (exact) mass is 318 g/mol. The van der Waals surface area contributed by atoms with Gasteiger partial charge in [0.1, 0.15) is 0 Å². The van der Waals surface area contributed by atoms with Crippen LogP contribution in [0.3, 0.4) is 0 Å². The summed E-state index contributed by atoms with van der Waals surface area (Å²) in [5, 5.41) is 19.0. The number of aryl methyl sites for hydroxylation is 1. The van der Waals surface area contributed by atoms with Crippen molar-refractivity contribution in [3.05, 3.63) is 40.4 Å². The van der Waals surface area contributed by atoms with Gasteiger partial charge in [-0.1, -0.05) is 23.8 Å². The fourth-order valence-corrected chi connectivity index (χ4v) is 2.36. The Morgan fingerprint density at radius 2 is 1.78 bits per heavy atom. The van der Waals surface area contributed by atoms with Gasteiger partial charge in [0.25, 0.3) is 0 Å². The van der Waals surface area contributed by atoms with Gasteiger partial charge in [0, 0.05) is 0 Å². The van der Waals surface area contributed by atoms with E-state index in [0.717, 1.165) is 5.56 Å². The third kappa shape index (κ3) is 3.49. The molecule has 23 heavy (non-hydrogen) atoms. The van der Waals surface area contributed by atoms with E-state index in [1.807, 2.05) is 40.7 Å². The van der Waals surface area contributed by atoms with Crippen molar-refractivity contribution >= 4 is 19.2 Å². The van der Waals surface area contributed by atoms with Gasteiger partial charge in [0.05, 0.1) is 23.4 Å². The van der Waals surface area contributed by atoms with Crippen LogP contribution in [0.15, 0.2) is 23.7 Å². The van der Waals surface area contributed by atoms with E-state index in [0.29, 0.717) is 11.0 Å².